The molecule has 12 N–H and O–H groups in total. The number of hydrogen-bond donors (Lipinski definition) is 12. The molecule has 0 unspecified atom stereocenters. The summed E-state index contributed by atoms with van der Waals surface area (Å²) in [4.78, 5) is 90.2. The molecule has 2 heterocycles. The number of ether oxygens (including phenoxy) is 1. The molecule has 0 bridgehead atoms. The van der Waals surface area contributed by atoms with Crippen LogP contribution in [0.5, 0.6) is 0 Å². The van der Waals surface area contributed by atoms with Crippen LogP contribution < -0.4 is 11.2 Å². The summed E-state index contributed by atoms with van der Waals surface area (Å²) >= 11 is 0. The fourth-order valence-corrected chi connectivity index (χ4v) is 2.45. The minimum atomic E-state index is -4.64. The van der Waals surface area contributed by atoms with Crippen LogP contribution in [-0.2, 0) is 24.2 Å². The first kappa shape index (κ1) is 35.1. The molecule has 34 heavy (non-hydrogen) atoms. The average Bonchev–Trinajstić information content (AvgIpc) is 2.91. The quantitative estimate of drug-likeness (QED) is 0.157. The van der Waals surface area contributed by atoms with Crippen molar-refractivity contribution in [2.45, 2.75) is 44.6 Å². The third-order valence-corrected chi connectivity index (χ3v) is 3.62. The molecule has 0 amide bonds. The van der Waals surface area contributed by atoms with Gasteiger partial charge in [-0.15, -0.1) is 0 Å². The van der Waals surface area contributed by atoms with E-state index < -0.39 is 52.7 Å². The zero-order valence-corrected chi connectivity index (χ0v) is 20.2. The lowest BCUT2D eigenvalue weighted by atomic mass is 10.0. The number of phosphoric acid groups is 3. The van der Waals surface area contributed by atoms with Crippen molar-refractivity contribution < 1.29 is 72.7 Å². The molecule has 0 aromatic carbocycles. The number of aliphatic hydroxyl groups is 2. The van der Waals surface area contributed by atoms with Crippen LogP contribution in [0.2, 0.25) is 0 Å². The van der Waals surface area contributed by atoms with Gasteiger partial charge in [0, 0.05) is 18.2 Å². The van der Waals surface area contributed by atoms with Gasteiger partial charge in [-0.05, 0) is 13.3 Å². The van der Waals surface area contributed by atoms with Gasteiger partial charge in [-0.25, -0.2) is 18.5 Å². The van der Waals surface area contributed by atoms with Crippen molar-refractivity contribution in [3.8, 4) is 0 Å². The first-order valence-corrected chi connectivity index (χ1v) is 13.3. The Morgan fingerprint density at radius 1 is 1.00 bits per heavy atom. The number of aromatic nitrogens is 2. The van der Waals surface area contributed by atoms with Gasteiger partial charge in [0.05, 0.1) is 12.7 Å². The van der Waals surface area contributed by atoms with E-state index in [2.05, 4.69) is 4.98 Å². The van der Waals surface area contributed by atoms with E-state index in [-0.39, 0.29) is 13.0 Å². The van der Waals surface area contributed by atoms with Crippen molar-refractivity contribution in [3.05, 3.63) is 32.6 Å². The van der Waals surface area contributed by atoms with Gasteiger partial charge in [-0.3, -0.25) is 14.3 Å². The Balaban J connectivity index is 0. The second-order valence-electron chi connectivity index (χ2n) is 6.39. The fourth-order valence-electron chi connectivity index (χ4n) is 2.45. The van der Waals surface area contributed by atoms with E-state index in [1.54, 1.807) is 6.92 Å². The van der Waals surface area contributed by atoms with Crippen LogP contribution in [0.1, 0.15) is 25.3 Å². The van der Waals surface area contributed by atoms with E-state index in [1.165, 1.54) is 10.8 Å². The summed E-state index contributed by atoms with van der Waals surface area (Å²) in [6, 6.07) is 0. The van der Waals surface area contributed by atoms with Crippen molar-refractivity contribution >= 4 is 23.5 Å². The molecular formula is C12H27N2O17P3. The molecule has 1 fully saturated rings. The monoisotopic (exact) mass is 564 g/mol. The predicted octanol–water partition coefficient (Wildman–Crippen LogP) is -3.74. The van der Waals surface area contributed by atoms with E-state index in [1.807, 2.05) is 6.92 Å². The number of aliphatic hydroxyl groups excluding tert-OH is 2. The third-order valence-electron chi connectivity index (χ3n) is 3.62. The van der Waals surface area contributed by atoms with Crippen molar-refractivity contribution in [3.63, 3.8) is 0 Å². The molecule has 0 saturated carbocycles. The lowest BCUT2D eigenvalue weighted by molar-refractivity contribution is -0.121. The molecule has 0 radical (unpaired) electrons. The number of aryl methyl sites for hydroxylation is 1. The van der Waals surface area contributed by atoms with Crippen LogP contribution in [0, 0.1) is 6.92 Å². The molecule has 2 rings (SSSR count). The lowest BCUT2D eigenvalue weighted by Gasteiger charge is -2.30. The highest BCUT2D eigenvalue weighted by atomic mass is 31.2. The maximum Gasteiger partial charge on any atom is 0.466 e. The van der Waals surface area contributed by atoms with Gasteiger partial charge in [-0.2, -0.15) is 0 Å². The van der Waals surface area contributed by atoms with Gasteiger partial charge in [0.25, 0.3) is 5.56 Å². The molecule has 19 nitrogen and oxygen atoms in total. The number of nitrogens with one attached hydrogen (secondary N) is 1. The molecule has 1 aromatic rings. The van der Waals surface area contributed by atoms with Gasteiger partial charge >= 0.3 is 29.2 Å². The Morgan fingerprint density at radius 3 is 1.68 bits per heavy atom. The third kappa shape index (κ3) is 17.3. The van der Waals surface area contributed by atoms with Crippen molar-refractivity contribution in [2.24, 2.45) is 0 Å². The van der Waals surface area contributed by atoms with E-state index in [0.29, 0.717) is 12.0 Å². The van der Waals surface area contributed by atoms with Crippen LogP contribution in [0.15, 0.2) is 15.8 Å². The normalized spacial score (nSPS) is 22.4. The topological polar surface area (TPSA) is 338 Å². The minimum Gasteiger partial charge on any atom is -0.394 e. The maximum atomic E-state index is 11.9. The fraction of sp³-hybridized carbons (Fsp3) is 0.667. The molecule has 1 aromatic heterocycles. The largest absolute Gasteiger partial charge is 0.466 e. The second-order valence-corrected chi connectivity index (χ2v) is 9.47. The Morgan fingerprint density at radius 2 is 1.38 bits per heavy atom. The zero-order chi connectivity index (χ0) is 27.7. The molecule has 22 heteroatoms. The summed E-state index contributed by atoms with van der Waals surface area (Å²) < 4.78 is 33.6. The van der Waals surface area contributed by atoms with Gasteiger partial charge in [0.2, 0.25) is 0 Å². The van der Waals surface area contributed by atoms with Crippen molar-refractivity contribution in [1.82, 2.24) is 9.55 Å². The Bertz CT molecular complexity index is 949. The van der Waals surface area contributed by atoms with Gasteiger partial charge in [0.1, 0.15) is 6.10 Å². The summed E-state index contributed by atoms with van der Waals surface area (Å²) in [7, 11) is -13.9. The second kappa shape index (κ2) is 13.8. The summed E-state index contributed by atoms with van der Waals surface area (Å²) in [5, 5.41) is 19.0. The van der Waals surface area contributed by atoms with Crippen LogP contribution in [0.25, 0.3) is 0 Å². The molecule has 3 atom stereocenters. The summed E-state index contributed by atoms with van der Waals surface area (Å²) in [5.74, 6) is 0. The Labute approximate surface area is 190 Å². The van der Waals surface area contributed by atoms with Gasteiger partial charge in [0.15, 0.2) is 5.72 Å². The van der Waals surface area contributed by atoms with Crippen LogP contribution in [0.4, 0.5) is 0 Å². The lowest BCUT2D eigenvalue weighted by Crippen LogP contribution is -2.44. The number of nitrogens with zero attached hydrogens (tertiary/aromatic N) is 1. The molecule has 0 spiro atoms. The van der Waals surface area contributed by atoms with Gasteiger partial charge in [-0.1, -0.05) is 6.92 Å². The molecule has 0 aliphatic carbocycles. The number of rotatable bonds is 3. The van der Waals surface area contributed by atoms with E-state index in [0.717, 1.165) is 0 Å². The smallest absolute Gasteiger partial charge is 0.394 e. The number of hydrogen-bond acceptors (Lipinski definition) is 8. The summed E-state index contributed by atoms with van der Waals surface area (Å²) in [5.41, 5.74) is -1.66. The van der Waals surface area contributed by atoms with Crippen molar-refractivity contribution in [1.29, 1.82) is 0 Å². The molecular weight excluding hydrogens is 537 g/mol. The number of aromatic amines is 1. The predicted molar refractivity (Wildman–Crippen MR) is 110 cm³/mol. The minimum absolute atomic E-state index is 0.195. The van der Waals surface area contributed by atoms with E-state index >= 15 is 0 Å². The highest BCUT2D eigenvalue weighted by Gasteiger charge is 2.46. The first-order valence-electron chi connectivity index (χ1n) is 8.58. The number of H-pyrrole nitrogens is 1. The molecule has 1 aliphatic heterocycles. The zero-order valence-electron chi connectivity index (χ0n) is 17.5. The van der Waals surface area contributed by atoms with Crippen LogP contribution in [-0.4, -0.2) is 82.6 Å². The SMILES string of the molecule is CC[C@]1(n2cc(C)c(=O)[nH]c2=O)C[C@H](O)[C@@H](CO)O1.O=P(O)(O)O.O=P(O)(O)O.O=P(O)(O)O. The first-order chi connectivity index (χ1) is 14.9. The summed E-state index contributed by atoms with van der Waals surface area (Å²) in [6.07, 6.45) is 0.492. The maximum absolute atomic E-state index is 11.9. The van der Waals surface area contributed by atoms with Crippen LogP contribution >= 0.6 is 23.5 Å². The molecule has 1 aliphatic rings. The Hall–Kier alpha value is -1.11. The average molecular weight is 564 g/mol. The Kier molecular flexibility index (Phi) is 14.3. The molecule has 202 valence electrons. The van der Waals surface area contributed by atoms with Gasteiger partial charge < -0.3 is 59.0 Å². The van der Waals surface area contributed by atoms with E-state index in [4.69, 9.17) is 67.6 Å². The summed E-state index contributed by atoms with van der Waals surface area (Å²) in [6.45, 7) is 3.09. The standard InChI is InChI=1S/C12H18N2O5.3H3O4P/c1-3-12(4-8(16)9(6-15)19-12)14-5-7(2)10(17)13-11(14)18;3*1-5(2,3)4/h5,8-9,15-16H,3-4,6H2,1-2H3,(H,13,17,18);3*(H3,1,2,3,4)/t8-,9+,12+;;;/m0.../s1. The van der Waals surface area contributed by atoms with Crippen molar-refractivity contribution in [2.75, 3.05) is 6.61 Å². The van der Waals surface area contributed by atoms with E-state index in [9.17, 15) is 14.7 Å². The van der Waals surface area contributed by atoms with Crippen LogP contribution in [0.3, 0.4) is 0 Å². The molecule has 1 saturated heterocycles. The highest BCUT2D eigenvalue weighted by molar-refractivity contribution is 7.45. The highest BCUT2D eigenvalue weighted by Crippen LogP contribution is 2.36.